The van der Waals surface area contributed by atoms with Gasteiger partial charge in [-0.3, -0.25) is 0 Å². The molecule has 0 saturated carbocycles. The summed E-state index contributed by atoms with van der Waals surface area (Å²) in [6.45, 7) is 2.26. The molecule has 1 heteroatoms. The monoisotopic (exact) mass is 230 g/mol. The summed E-state index contributed by atoms with van der Waals surface area (Å²) in [6.07, 6.45) is 10.6. The van der Waals surface area contributed by atoms with Gasteiger partial charge in [0.05, 0.1) is 0 Å². The van der Waals surface area contributed by atoms with E-state index in [2.05, 4.69) is 33.6 Å². The molecule has 0 radical (unpaired) electrons. The van der Waals surface area contributed by atoms with E-state index in [0.29, 0.717) is 0 Å². The van der Waals surface area contributed by atoms with Gasteiger partial charge in [-0.25, -0.2) is 0 Å². The lowest BCUT2D eigenvalue weighted by Gasteiger charge is -1.97. The predicted octanol–water partition coefficient (Wildman–Crippen LogP) is 4.48. The molecule has 0 aromatic carbocycles. The molecule has 12 heavy (non-hydrogen) atoms. The summed E-state index contributed by atoms with van der Waals surface area (Å²) in [5.41, 5.74) is 0. The molecule has 0 fully saturated rings. The maximum Gasteiger partial charge on any atom is 0.0106 e. The molecule has 0 aromatic rings. The van der Waals surface area contributed by atoms with Crippen molar-refractivity contribution in [3.05, 3.63) is 0 Å². The van der Waals surface area contributed by atoms with Gasteiger partial charge in [-0.15, -0.1) is 0 Å². The normalized spacial score (nSPS) is 9.17. The number of hydrogen-bond donors (Lipinski definition) is 0. The van der Waals surface area contributed by atoms with E-state index in [9.17, 15) is 0 Å². The van der Waals surface area contributed by atoms with Crippen LogP contribution in [0.2, 0.25) is 0 Å². The van der Waals surface area contributed by atoms with Crippen LogP contribution in [0.5, 0.6) is 0 Å². The third-order valence-electron chi connectivity index (χ3n) is 1.97. The number of halogens is 1. The van der Waals surface area contributed by atoms with Crippen LogP contribution in [0.1, 0.15) is 58.3 Å². The van der Waals surface area contributed by atoms with Crippen molar-refractivity contribution >= 4 is 15.9 Å². The molecule has 0 N–H and O–H groups in total. The van der Waals surface area contributed by atoms with E-state index in [1.807, 2.05) is 0 Å². The van der Waals surface area contributed by atoms with Crippen molar-refractivity contribution in [1.82, 2.24) is 0 Å². The highest BCUT2D eigenvalue weighted by Crippen LogP contribution is 2.07. The lowest BCUT2D eigenvalue weighted by Crippen LogP contribution is -1.78. The van der Waals surface area contributed by atoms with Crippen LogP contribution in [0.25, 0.3) is 0 Å². The van der Waals surface area contributed by atoms with Gasteiger partial charge in [0.2, 0.25) is 0 Å². The van der Waals surface area contributed by atoms with Crippen LogP contribution < -0.4 is 0 Å². The van der Waals surface area contributed by atoms with Gasteiger partial charge in [0.25, 0.3) is 0 Å². The third-order valence-corrected chi connectivity index (χ3v) is 2.25. The second kappa shape index (κ2) is 11.0. The van der Waals surface area contributed by atoms with E-state index in [1.165, 1.54) is 44.9 Å². The van der Waals surface area contributed by atoms with Gasteiger partial charge < -0.3 is 0 Å². The first-order valence-corrected chi connectivity index (χ1v) is 5.79. The molecule has 0 rings (SSSR count). The van der Waals surface area contributed by atoms with Crippen molar-refractivity contribution < 1.29 is 0 Å². The fourth-order valence-electron chi connectivity index (χ4n) is 1.22. The average molecular weight is 231 g/mol. The van der Waals surface area contributed by atoms with E-state index in [-0.39, 0.29) is 0 Å². The van der Waals surface area contributed by atoms with Crippen molar-refractivity contribution in [1.29, 1.82) is 0 Å². The largest absolute Gasteiger partial charge is 0.0908 e. The van der Waals surface area contributed by atoms with Gasteiger partial charge in [0.1, 0.15) is 0 Å². The van der Waals surface area contributed by atoms with Gasteiger partial charge >= 0.3 is 0 Å². The summed E-state index contributed by atoms with van der Waals surface area (Å²) in [4.78, 5) is 2.74. The standard InChI is InChI=1S/C11H19Br/c1-2-3-4-5-6-7-8-9-10-11-12/h2-9H2,1H3. The van der Waals surface area contributed by atoms with Crippen LogP contribution in [-0.4, -0.2) is 0 Å². The smallest absolute Gasteiger partial charge is 0.0106 e. The molecular formula is C11H19Br. The number of rotatable bonds is 7. The van der Waals surface area contributed by atoms with Crippen molar-refractivity contribution in [3.63, 3.8) is 0 Å². The summed E-state index contributed by atoms with van der Waals surface area (Å²) >= 11 is 3.09. The van der Waals surface area contributed by atoms with Gasteiger partial charge in [0, 0.05) is 22.4 Å². The highest BCUT2D eigenvalue weighted by atomic mass is 79.9. The van der Waals surface area contributed by atoms with Crippen molar-refractivity contribution in [2.75, 3.05) is 0 Å². The van der Waals surface area contributed by atoms with E-state index in [1.54, 1.807) is 0 Å². The molecule has 0 nitrogen and oxygen atoms in total. The van der Waals surface area contributed by atoms with E-state index in [0.717, 1.165) is 6.42 Å². The van der Waals surface area contributed by atoms with Crippen LogP contribution in [0.15, 0.2) is 0 Å². The highest BCUT2D eigenvalue weighted by molar-refractivity contribution is 9.12. The zero-order valence-electron chi connectivity index (χ0n) is 8.03. The highest BCUT2D eigenvalue weighted by Gasteiger charge is 1.88. The number of unbranched alkanes of at least 4 members (excludes halogenated alkanes) is 7. The SMILES string of the molecule is CCCCCCCCCC#CBr. The first-order chi connectivity index (χ1) is 5.91. The summed E-state index contributed by atoms with van der Waals surface area (Å²) in [5, 5.41) is 0. The van der Waals surface area contributed by atoms with Crippen molar-refractivity contribution in [2.45, 2.75) is 58.3 Å². The molecule has 0 unspecified atom stereocenters. The average Bonchev–Trinajstić information content (AvgIpc) is 2.10. The molecule has 0 aliphatic carbocycles. The maximum absolute atomic E-state index is 3.09. The molecule has 0 aliphatic rings. The molecule has 0 heterocycles. The van der Waals surface area contributed by atoms with Crippen LogP contribution in [0, 0.1) is 10.8 Å². The summed E-state index contributed by atoms with van der Waals surface area (Å²) in [6, 6.07) is 0. The Balaban J connectivity index is 2.84. The quantitative estimate of drug-likeness (QED) is 0.447. The molecule has 0 bridgehead atoms. The zero-order chi connectivity index (χ0) is 9.07. The van der Waals surface area contributed by atoms with Gasteiger partial charge in [-0.05, 0) is 11.3 Å². The molecular weight excluding hydrogens is 212 g/mol. The minimum atomic E-state index is 1.05. The Morgan fingerprint density at radius 3 is 2.08 bits per heavy atom. The number of hydrogen-bond acceptors (Lipinski definition) is 0. The molecule has 0 aromatic heterocycles. The Kier molecular flexibility index (Phi) is 11.1. The predicted molar refractivity (Wildman–Crippen MR) is 59.3 cm³/mol. The first-order valence-electron chi connectivity index (χ1n) is 5.00. The second-order valence-electron chi connectivity index (χ2n) is 3.14. The summed E-state index contributed by atoms with van der Waals surface area (Å²) in [5.74, 6) is 3.02. The van der Waals surface area contributed by atoms with Gasteiger partial charge in [-0.1, -0.05) is 51.4 Å². The van der Waals surface area contributed by atoms with E-state index >= 15 is 0 Å². The molecule has 0 aliphatic heterocycles. The fourth-order valence-corrected chi connectivity index (χ4v) is 1.42. The maximum atomic E-state index is 3.09. The molecule has 0 atom stereocenters. The summed E-state index contributed by atoms with van der Waals surface area (Å²) < 4.78 is 0. The third kappa shape index (κ3) is 10.0. The lowest BCUT2D eigenvalue weighted by atomic mass is 10.1. The Labute approximate surface area is 85.3 Å². The minimum absolute atomic E-state index is 1.05. The van der Waals surface area contributed by atoms with Crippen LogP contribution in [-0.2, 0) is 0 Å². The van der Waals surface area contributed by atoms with Gasteiger partial charge in [0.15, 0.2) is 0 Å². The molecule has 0 saturated heterocycles. The fraction of sp³-hybridized carbons (Fsp3) is 0.818. The molecule has 0 spiro atoms. The second-order valence-corrected chi connectivity index (χ2v) is 3.54. The lowest BCUT2D eigenvalue weighted by molar-refractivity contribution is 0.594. The summed E-state index contributed by atoms with van der Waals surface area (Å²) in [7, 11) is 0. The topological polar surface area (TPSA) is 0 Å². The minimum Gasteiger partial charge on any atom is -0.0908 e. The first kappa shape index (κ1) is 12.0. The molecule has 70 valence electrons. The molecule has 0 amide bonds. The van der Waals surface area contributed by atoms with Gasteiger partial charge in [-0.2, -0.15) is 0 Å². The van der Waals surface area contributed by atoms with E-state index in [4.69, 9.17) is 0 Å². The Morgan fingerprint density at radius 1 is 0.917 bits per heavy atom. The Morgan fingerprint density at radius 2 is 1.50 bits per heavy atom. The van der Waals surface area contributed by atoms with Crippen LogP contribution in [0.3, 0.4) is 0 Å². The Hall–Kier alpha value is 0.0400. The van der Waals surface area contributed by atoms with Crippen molar-refractivity contribution in [3.8, 4) is 10.8 Å². The Bertz CT molecular complexity index is 130. The van der Waals surface area contributed by atoms with Crippen LogP contribution >= 0.6 is 15.9 Å². The van der Waals surface area contributed by atoms with Crippen LogP contribution in [0.4, 0.5) is 0 Å². The van der Waals surface area contributed by atoms with Crippen molar-refractivity contribution in [2.24, 2.45) is 0 Å². The van der Waals surface area contributed by atoms with E-state index < -0.39 is 0 Å². The zero-order valence-corrected chi connectivity index (χ0v) is 9.62.